The maximum Gasteiger partial charge on any atom is 0.148 e. The van der Waals surface area contributed by atoms with E-state index < -0.39 is 0 Å². The van der Waals surface area contributed by atoms with Crippen molar-refractivity contribution in [2.24, 2.45) is 0 Å². The van der Waals surface area contributed by atoms with Crippen LogP contribution in [-0.4, -0.2) is 19.0 Å². The molecule has 0 rings (SSSR count). The largest absolute Gasteiger partial charge is 0.371 e. The topological polar surface area (TPSA) is 26.3 Å². The summed E-state index contributed by atoms with van der Waals surface area (Å²) in [6.07, 6.45) is 0.447. The van der Waals surface area contributed by atoms with Crippen molar-refractivity contribution in [2.45, 2.75) is 13.0 Å². The Morgan fingerprint density at radius 2 is 2.57 bits per heavy atom. The number of ether oxygens (including phenoxy) is 1. The molecule has 0 heterocycles. The molecular weight excluding hydrogens is 92.1 g/mol. The van der Waals surface area contributed by atoms with Crippen molar-refractivity contribution < 1.29 is 9.53 Å². The highest BCUT2D eigenvalue weighted by Crippen LogP contribution is 1.81. The minimum Gasteiger partial charge on any atom is -0.371 e. The molecule has 0 bridgehead atoms. The van der Waals surface area contributed by atoms with Gasteiger partial charge in [-0.2, -0.15) is 0 Å². The molecule has 0 saturated carbocycles. The van der Waals surface area contributed by atoms with E-state index in [9.17, 15) is 4.79 Å². The van der Waals surface area contributed by atoms with E-state index in [4.69, 9.17) is 4.74 Å². The smallest absolute Gasteiger partial charge is 0.148 e. The highest BCUT2D eigenvalue weighted by Gasteiger charge is 1.92. The van der Waals surface area contributed by atoms with Gasteiger partial charge in [-0.25, -0.2) is 0 Å². The first-order valence-electron chi connectivity index (χ1n) is 2.17. The molecule has 2 nitrogen and oxygen atoms in total. The quantitative estimate of drug-likeness (QED) is 0.482. The highest BCUT2D eigenvalue weighted by molar-refractivity contribution is 5.55. The second-order valence-corrected chi connectivity index (χ2v) is 1.21. The van der Waals surface area contributed by atoms with Crippen LogP contribution in [0.5, 0.6) is 0 Å². The fourth-order valence-electron chi connectivity index (χ4n) is 0.225. The van der Waals surface area contributed by atoms with E-state index in [0.717, 1.165) is 6.29 Å². The van der Waals surface area contributed by atoms with E-state index in [0.29, 0.717) is 6.61 Å². The summed E-state index contributed by atoms with van der Waals surface area (Å²) in [5, 5.41) is 0. The Bertz CT molecular complexity index is 52.0. The van der Waals surface area contributed by atoms with Crippen molar-refractivity contribution in [1.82, 2.24) is 0 Å². The SMILES string of the molecule is [CH2]COC(C)C=O. The van der Waals surface area contributed by atoms with Crippen molar-refractivity contribution >= 4 is 6.29 Å². The monoisotopic (exact) mass is 101 g/mol. The van der Waals surface area contributed by atoms with Gasteiger partial charge in [-0.05, 0) is 13.8 Å². The molecule has 0 aliphatic carbocycles. The Balaban J connectivity index is 2.98. The maximum atomic E-state index is 9.74. The molecule has 0 spiro atoms. The molecule has 0 amide bonds. The Morgan fingerprint density at radius 1 is 2.00 bits per heavy atom. The molecule has 1 radical (unpaired) electrons. The zero-order valence-corrected chi connectivity index (χ0v) is 4.39. The molecule has 0 aromatic heterocycles. The number of hydrogen-bond acceptors (Lipinski definition) is 2. The third-order valence-electron chi connectivity index (χ3n) is 0.572. The second-order valence-electron chi connectivity index (χ2n) is 1.21. The number of rotatable bonds is 3. The highest BCUT2D eigenvalue weighted by atomic mass is 16.5. The van der Waals surface area contributed by atoms with Crippen LogP contribution in [0, 0.1) is 6.92 Å². The van der Waals surface area contributed by atoms with E-state index in [2.05, 4.69) is 6.92 Å². The molecule has 0 fully saturated rings. The minimum absolute atomic E-state index is 0.294. The van der Waals surface area contributed by atoms with Gasteiger partial charge in [-0.1, -0.05) is 0 Å². The maximum absolute atomic E-state index is 9.74. The first-order chi connectivity index (χ1) is 3.31. The van der Waals surface area contributed by atoms with E-state index in [1.165, 1.54) is 0 Å². The summed E-state index contributed by atoms with van der Waals surface area (Å²) in [7, 11) is 0. The molecule has 1 atom stereocenters. The van der Waals surface area contributed by atoms with Crippen LogP contribution >= 0.6 is 0 Å². The van der Waals surface area contributed by atoms with Gasteiger partial charge >= 0.3 is 0 Å². The van der Waals surface area contributed by atoms with E-state index in [-0.39, 0.29) is 6.10 Å². The van der Waals surface area contributed by atoms with Gasteiger partial charge in [0.05, 0.1) is 0 Å². The molecule has 0 aliphatic heterocycles. The molecule has 1 unspecified atom stereocenters. The third-order valence-corrected chi connectivity index (χ3v) is 0.572. The summed E-state index contributed by atoms with van der Waals surface area (Å²) in [6, 6.07) is 0. The van der Waals surface area contributed by atoms with Gasteiger partial charge in [0, 0.05) is 6.61 Å². The Hall–Kier alpha value is -0.370. The third kappa shape index (κ3) is 3.46. The van der Waals surface area contributed by atoms with Crippen LogP contribution in [0.25, 0.3) is 0 Å². The fraction of sp³-hybridized carbons (Fsp3) is 0.600. The van der Waals surface area contributed by atoms with Crippen LogP contribution in [0.15, 0.2) is 0 Å². The normalized spacial score (nSPS) is 13.4. The van der Waals surface area contributed by atoms with Gasteiger partial charge < -0.3 is 9.53 Å². The molecule has 0 N–H and O–H groups in total. The molecule has 41 valence electrons. The minimum atomic E-state index is -0.294. The molecule has 0 aromatic rings. The zero-order valence-electron chi connectivity index (χ0n) is 4.39. The summed E-state index contributed by atoms with van der Waals surface area (Å²) in [5.41, 5.74) is 0. The summed E-state index contributed by atoms with van der Waals surface area (Å²) >= 11 is 0. The van der Waals surface area contributed by atoms with Gasteiger partial charge in [0.15, 0.2) is 0 Å². The molecule has 0 aromatic carbocycles. The van der Waals surface area contributed by atoms with Crippen molar-refractivity contribution in [3.8, 4) is 0 Å². The fourth-order valence-corrected chi connectivity index (χ4v) is 0.225. The van der Waals surface area contributed by atoms with Gasteiger partial charge in [0.2, 0.25) is 0 Å². The lowest BCUT2D eigenvalue weighted by Gasteiger charge is -1.99. The van der Waals surface area contributed by atoms with Gasteiger partial charge in [0.25, 0.3) is 0 Å². The molecule has 7 heavy (non-hydrogen) atoms. The van der Waals surface area contributed by atoms with Gasteiger partial charge in [-0.3, -0.25) is 0 Å². The number of carbonyl (C=O) groups excluding carboxylic acids is 1. The van der Waals surface area contributed by atoms with Gasteiger partial charge in [-0.15, -0.1) is 0 Å². The van der Waals surface area contributed by atoms with Crippen molar-refractivity contribution in [1.29, 1.82) is 0 Å². The average Bonchev–Trinajstić information content (AvgIpc) is 1.68. The Morgan fingerprint density at radius 3 is 2.71 bits per heavy atom. The predicted octanol–water partition coefficient (Wildman–Crippen LogP) is 0.424. The zero-order chi connectivity index (χ0) is 5.70. The lowest BCUT2D eigenvalue weighted by atomic mass is 10.5. The van der Waals surface area contributed by atoms with Crippen molar-refractivity contribution in [2.75, 3.05) is 6.61 Å². The summed E-state index contributed by atoms with van der Waals surface area (Å²) in [5.74, 6) is 0. The average molecular weight is 101 g/mol. The van der Waals surface area contributed by atoms with Crippen LogP contribution in [0.2, 0.25) is 0 Å². The second kappa shape index (κ2) is 3.81. The first-order valence-corrected chi connectivity index (χ1v) is 2.17. The predicted molar refractivity (Wildman–Crippen MR) is 26.8 cm³/mol. The lowest BCUT2D eigenvalue weighted by Crippen LogP contribution is -2.08. The van der Waals surface area contributed by atoms with Crippen LogP contribution in [0.4, 0.5) is 0 Å². The molecule has 2 heteroatoms. The molecule has 0 aliphatic rings. The van der Waals surface area contributed by atoms with E-state index in [1.54, 1.807) is 6.92 Å². The van der Waals surface area contributed by atoms with Crippen molar-refractivity contribution in [3.05, 3.63) is 6.92 Å². The molecule has 0 saturated heterocycles. The molecular formula is C5H9O2. The van der Waals surface area contributed by atoms with E-state index >= 15 is 0 Å². The van der Waals surface area contributed by atoms with Crippen LogP contribution in [-0.2, 0) is 9.53 Å². The van der Waals surface area contributed by atoms with Crippen LogP contribution in [0.3, 0.4) is 0 Å². The summed E-state index contributed by atoms with van der Waals surface area (Å²) < 4.78 is 4.71. The number of hydrogen-bond donors (Lipinski definition) is 0. The summed E-state index contributed by atoms with van der Waals surface area (Å²) in [4.78, 5) is 9.74. The lowest BCUT2D eigenvalue weighted by molar-refractivity contribution is -0.116. The van der Waals surface area contributed by atoms with Gasteiger partial charge in [0.1, 0.15) is 12.4 Å². The Labute approximate surface area is 43.5 Å². The number of aldehydes is 1. The summed E-state index contributed by atoms with van der Waals surface area (Å²) in [6.45, 7) is 5.43. The standard InChI is InChI=1S/C5H9O2/c1-3-7-5(2)4-6/h4-5H,1,3H2,2H3. The Kier molecular flexibility index (Phi) is 3.61. The van der Waals surface area contributed by atoms with Crippen LogP contribution in [0.1, 0.15) is 6.92 Å². The first kappa shape index (κ1) is 6.63. The number of carbonyl (C=O) groups is 1. The van der Waals surface area contributed by atoms with E-state index in [1.807, 2.05) is 0 Å². The van der Waals surface area contributed by atoms with Crippen molar-refractivity contribution in [3.63, 3.8) is 0 Å². The van der Waals surface area contributed by atoms with Crippen LogP contribution < -0.4 is 0 Å².